The molecule has 0 saturated heterocycles. The third-order valence-electron chi connectivity index (χ3n) is 12.8. The van der Waals surface area contributed by atoms with Crippen LogP contribution >= 0.6 is 0 Å². The van der Waals surface area contributed by atoms with E-state index in [0.717, 1.165) is 78.0 Å². The second-order valence-electron chi connectivity index (χ2n) is 16.3. The Kier molecular flexibility index (Phi) is 7.90. The van der Waals surface area contributed by atoms with Gasteiger partial charge in [0.1, 0.15) is 11.4 Å². The summed E-state index contributed by atoms with van der Waals surface area (Å²) in [5.74, 6) is 0.858. The van der Waals surface area contributed by atoms with Crippen LogP contribution in [0, 0.1) is 0 Å². The Morgan fingerprint density at radius 3 is 1.67 bits per heavy atom. The Bertz CT molecular complexity index is 3740. The fraction of sp³-hybridized carbons (Fsp3) is 0.0172. The van der Waals surface area contributed by atoms with E-state index in [1.165, 1.54) is 38.3 Å². The molecule has 296 valence electrons. The van der Waals surface area contributed by atoms with Gasteiger partial charge < -0.3 is 18.9 Å². The van der Waals surface area contributed by atoms with Crippen LogP contribution in [0.15, 0.2) is 228 Å². The van der Waals surface area contributed by atoms with Crippen LogP contribution < -0.4 is 5.32 Å². The molecule has 0 aliphatic carbocycles. The van der Waals surface area contributed by atoms with Crippen LogP contribution in [0.3, 0.4) is 0 Å². The predicted molar refractivity (Wildman–Crippen MR) is 261 cm³/mol. The Labute approximate surface area is 363 Å². The van der Waals surface area contributed by atoms with Crippen molar-refractivity contribution >= 4 is 77.1 Å². The molecule has 1 unspecified atom stereocenters. The number of aliphatic imine (C=N–C) groups is 1. The molecule has 1 aliphatic rings. The molecule has 0 spiro atoms. The van der Waals surface area contributed by atoms with E-state index < -0.39 is 0 Å². The van der Waals surface area contributed by atoms with Gasteiger partial charge in [0.15, 0.2) is 5.58 Å². The van der Waals surface area contributed by atoms with Gasteiger partial charge in [0, 0.05) is 54.8 Å². The van der Waals surface area contributed by atoms with E-state index in [4.69, 9.17) is 9.41 Å². The highest BCUT2D eigenvalue weighted by atomic mass is 16.3. The Balaban J connectivity index is 0.993. The van der Waals surface area contributed by atoms with Gasteiger partial charge in [0.25, 0.3) is 0 Å². The van der Waals surface area contributed by atoms with Gasteiger partial charge in [-0.15, -0.1) is 0 Å². The first-order chi connectivity index (χ1) is 31.2. The monoisotopic (exact) mass is 806 g/mol. The molecule has 63 heavy (non-hydrogen) atoms. The summed E-state index contributed by atoms with van der Waals surface area (Å²) in [6.45, 7) is 0. The fourth-order valence-corrected chi connectivity index (χ4v) is 9.88. The summed E-state index contributed by atoms with van der Waals surface area (Å²) in [6, 6.07) is 75.7. The molecule has 1 atom stereocenters. The maximum absolute atomic E-state index is 6.87. The van der Waals surface area contributed by atoms with Crippen molar-refractivity contribution in [2.24, 2.45) is 4.99 Å². The number of hydrogen-bond acceptors (Lipinski definition) is 3. The number of benzene rings is 9. The molecule has 0 saturated carbocycles. The van der Waals surface area contributed by atoms with Gasteiger partial charge in [0.05, 0.1) is 33.8 Å². The van der Waals surface area contributed by atoms with Crippen LogP contribution in [0.25, 0.3) is 93.7 Å². The number of furan rings is 1. The smallest absolute Gasteiger partial charge is 0.160 e. The van der Waals surface area contributed by atoms with Crippen LogP contribution in [0.2, 0.25) is 0 Å². The first kappa shape index (κ1) is 35.4. The summed E-state index contributed by atoms with van der Waals surface area (Å²) in [7, 11) is 0. The number of nitrogens with one attached hydrogen (secondary N) is 1. The van der Waals surface area contributed by atoms with Gasteiger partial charge in [-0.05, 0) is 77.4 Å². The highest BCUT2D eigenvalue weighted by Crippen LogP contribution is 2.46. The number of hydrogen-bond donors (Lipinski definition) is 1. The van der Waals surface area contributed by atoms with E-state index in [9.17, 15) is 0 Å². The molecule has 0 radical (unpaired) electrons. The van der Waals surface area contributed by atoms with E-state index in [0.29, 0.717) is 0 Å². The third kappa shape index (κ3) is 5.60. The van der Waals surface area contributed by atoms with Crippen LogP contribution in [0.5, 0.6) is 0 Å². The first-order valence-electron chi connectivity index (χ1n) is 21.5. The Hall–Kier alpha value is -8.41. The quantitative estimate of drug-likeness (QED) is 0.182. The number of amidine groups is 1. The van der Waals surface area contributed by atoms with Crippen molar-refractivity contribution in [3.05, 3.63) is 235 Å². The molecule has 13 rings (SSSR count). The zero-order valence-corrected chi connectivity index (χ0v) is 34.1. The third-order valence-corrected chi connectivity index (χ3v) is 12.8. The molecular formula is C58H38N4O. The molecule has 0 bridgehead atoms. The molecule has 4 heterocycles. The normalized spacial score (nSPS) is 14.2. The van der Waals surface area contributed by atoms with Crippen molar-refractivity contribution in [1.82, 2.24) is 14.5 Å². The van der Waals surface area contributed by atoms with Gasteiger partial charge in [-0.2, -0.15) is 0 Å². The number of aromatic nitrogens is 2. The minimum Gasteiger partial charge on any atom is -0.454 e. The lowest BCUT2D eigenvalue weighted by atomic mass is 9.96. The lowest BCUT2D eigenvalue weighted by Crippen LogP contribution is -2.31. The summed E-state index contributed by atoms with van der Waals surface area (Å²) >= 11 is 0. The van der Waals surface area contributed by atoms with Gasteiger partial charge in [-0.1, -0.05) is 158 Å². The molecule has 0 amide bonds. The lowest BCUT2D eigenvalue weighted by Gasteiger charge is -2.24. The van der Waals surface area contributed by atoms with Gasteiger partial charge in [0.2, 0.25) is 0 Å². The number of para-hydroxylation sites is 4. The summed E-state index contributed by atoms with van der Waals surface area (Å²) in [4.78, 5) is 5.20. The van der Waals surface area contributed by atoms with Crippen molar-refractivity contribution in [2.75, 3.05) is 0 Å². The van der Waals surface area contributed by atoms with E-state index in [1.54, 1.807) is 0 Å². The van der Waals surface area contributed by atoms with Crippen molar-refractivity contribution in [3.8, 4) is 22.5 Å². The van der Waals surface area contributed by atoms with Gasteiger partial charge in [-0.3, -0.25) is 0 Å². The minimum atomic E-state index is -0.0262. The number of rotatable bonds is 6. The summed E-state index contributed by atoms with van der Waals surface area (Å²) in [5, 5.41) is 10.7. The summed E-state index contributed by atoms with van der Waals surface area (Å²) in [5.41, 5.74) is 15.0. The maximum Gasteiger partial charge on any atom is 0.160 e. The van der Waals surface area contributed by atoms with Crippen LogP contribution in [0.4, 0.5) is 0 Å². The fourth-order valence-electron chi connectivity index (χ4n) is 9.88. The molecule has 0 fully saturated rings. The summed E-state index contributed by atoms with van der Waals surface area (Å²) in [6.07, 6.45) is 2.23. The number of nitrogens with zero attached hydrogens (tertiary/aromatic N) is 3. The molecular weight excluding hydrogens is 769 g/mol. The average molecular weight is 807 g/mol. The van der Waals surface area contributed by atoms with Gasteiger partial charge in [-0.25, -0.2) is 4.99 Å². The molecule has 5 nitrogen and oxygen atoms in total. The topological polar surface area (TPSA) is 47.4 Å². The zero-order valence-electron chi connectivity index (χ0n) is 34.1. The Morgan fingerprint density at radius 1 is 0.444 bits per heavy atom. The minimum absolute atomic E-state index is 0.0262. The van der Waals surface area contributed by atoms with Gasteiger partial charge >= 0.3 is 0 Å². The lowest BCUT2D eigenvalue weighted by molar-refractivity contribution is 0.671. The highest BCUT2D eigenvalue weighted by molar-refractivity contribution is 6.26. The predicted octanol–water partition coefficient (Wildman–Crippen LogP) is 14.6. The molecule has 1 N–H and O–H groups in total. The van der Waals surface area contributed by atoms with E-state index in [-0.39, 0.29) is 6.04 Å². The molecule has 5 heteroatoms. The second-order valence-corrected chi connectivity index (χ2v) is 16.3. The van der Waals surface area contributed by atoms with Crippen LogP contribution in [-0.4, -0.2) is 15.0 Å². The largest absolute Gasteiger partial charge is 0.454 e. The van der Waals surface area contributed by atoms with Crippen molar-refractivity contribution in [2.45, 2.75) is 6.04 Å². The SMILES string of the molecule is C1=C(c2ccc(-n3c4ccccc4c4c(-c5ccc(-n6c7ccccc7c7ccccc76)cc5)cc5c6ccccc6oc5c43)cc2)N=C(c2ccccc2)NC1c1ccccc1. The average Bonchev–Trinajstić information content (AvgIpc) is 4.03. The molecule has 9 aromatic carbocycles. The van der Waals surface area contributed by atoms with E-state index in [2.05, 4.69) is 221 Å². The Morgan fingerprint density at radius 2 is 0.984 bits per heavy atom. The maximum atomic E-state index is 6.87. The van der Waals surface area contributed by atoms with Crippen LogP contribution in [-0.2, 0) is 0 Å². The number of fused-ring (bicyclic) bond motifs is 10. The molecule has 12 aromatic rings. The second kappa shape index (κ2) is 14.1. The van der Waals surface area contributed by atoms with Crippen molar-refractivity contribution in [3.63, 3.8) is 0 Å². The standard InChI is InChI=1S/C58H38N4O/c1-3-15-38(16-4-1)49-36-50(60-58(59-49)40-17-5-2-6-18-40)39-29-33-42(34-30-39)62-53-25-13-9-22-46(53)55-47(35-48-45-21-10-14-26-54(45)63-57(48)56(55)62)37-27-31-41(32-28-37)61-51-23-11-7-19-43(51)44-20-8-12-24-52(44)61/h1-36,49H,(H,59,60). The van der Waals surface area contributed by atoms with E-state index >= 15 is 0 Å². The summed E-state index contributed by atoms with van der Waals surface area (Å²) < 4.78 is 11.6. The van der Waals surface area contributed by atoms with E-state index in [1.807, 2.05) is 12.1 Å². The van der Waals surface area contributed by atoms with Crippen molar-refractivity contribution in [1.29, 1.82) is 0 Å². The van der Waals surface area contributed by atoms with Crippen LogP contribution in [0.1, 0.15) is 22.7 Å². The highest BCUT2D eigenvalue weighted by Gasteiger charge is 2.24. The van der Waals surface area contributed by atoms with Crippen molar-refractivity contribution < 1.29 is 4.42 Å². The molecule has 3 aromatic heterocycles. The molecule has 1 aliphatic heterocycles. The zero-order chi connectivity index (χ0) is 41.4. The first-order valence-corrected chi connectivity index (χ1v) is 21.5.